The van der Waals surface area contributed by atoms with Gasteiger partial charge in [0, 0.05) is 17.2 Å². The lowest BCUT2D eigenvalue weighted by Gasteiger charge is -2.07. The lowest BCUT2D eigenvalue weighted by molar-refractivity contribution is -0.159. The predicted molar refractivity (Wildman–Crippen MR) is 84.1 cm³/mol. The van der Waals surface area contributed by atoms with Crippen LogP contribution in [-0.2, 0) is 6.18 Å². The highest BCUT2D eigenvalue weighted by atomic mass is 35.5. The zero-order valence-electron chi connectivity index (χ0n) is 12.9. The van der Waals surface area contributed by atoms with Crippen LogP contribution in [0.3, 0.4) is 0 Å². The van der Waals surface area contributed by atoms with E-state index in [0.717, 1.165) is 6.07 Å². The first kappa shape index (κ1) is 18.8. The molecule has 5 nitrogen and oxygen atoms in total. The highest BCUT2D eigenvalue weighted by Crippen LogP contribution is 2.29. The van der Waals surface area contributed by atoms with Crippen molar-refractivity contribution in [2.75, 3.05) is 5.32 Å². The second-order valence-electron chi connectivity index (χ2n) is 5.20. The number of alkyl halides is 3. The Bertz CT molecular complexity index is 1000. The summed E-state index contributed by atoms with van der Waals surface area (Å²) in [5, 5.41) is 4.94. The normalized spacial score (nSPS) is 11.5. The van der Waals surface area contributed by atoms with Crippen LogP contribution in [0.4, 0.5) is 27.6 Å². The van der Waals surface area contributed by atoms with Crippen LogP contribution < -0.4 is 5.32 Å². The largest absolute Gasteiger partial charge is 0.471 e. The van der Waals surface area contributed by atoms with Crippen molar-refractivity contribution in [2.24, 2.45) is 0 Å². The molecule has 11 heteroatoms. The molecule has 2 aromatic carbocycles. The minimum Gasteiger partial charge on any atom is -0.329 e. The zero-order valence-corrected chi connectivity index (χ0v) is 13.7. The molecule has 0 aliphatic rings. The second-order valence-corrected chi connectivity index (χ2v) is 5.61. The molecule has 27 heavy (non-hydrogen) atoms. The van der Waals surface area contributed by atoms with Crippen molar-refractivity contribution in [2.45, 2.75) is 6.18 Å². The zero-order chi connectivity index (χ0) is 19.8. The maximum atomic E-state index is 13.7. The van der Waals surface area contributed by atoms with E-state index in [9.17, 15) is 26.7 Å². The fourth-order valence-electron chi connectivity index (χ4n) is 2.04. The highest BCUT2D eigenvalue weighted by molar-refractivity contribution is 6.30. The molecule has 0 aliphatic carbocycles. The molecular weight excluding hydrogens is 397 g/mol. The fraction of sp³-hybridized carbons (Fsp3) is 0.0625. The Labute approximate surface area is 152 Å². The van der Waals surface area contributed by atoms with Gasteiger partial charge in [-0.1, -0.05) is 28.9 Å². The van der Waals surface area contributed by atoms with Gasteiger partial charge in [-0.15, -0.1) is 0 Å². The summed E-state index contributed by atoms with van der Waals surface area (Å²) in [5.41, 5.74) is -0.221. The number of rotatable bonds is 3. The van der Waals surface area contributed by atoms with Gasteiger partial charge in [0.2, 0.25) is 5.82 Å². The number of hydrogen-bond acceptors (Lipinski definition) is 4. The third kappa shape index (κ3) is 4.05. The third-order valence-corrected chi connectivity index (χ3v) is 3.62. The minimum absolute atomic E-state index is 0.0352. The molecule has 1 amide bonds. The molecule has 3 rings (SSSR count). The molecule has 0 radical (unpaired) electrons. The summed E-state index contributed by atoms with van der Waals surface area (Å²) in [5.74, 6) is -4.44. The maximum Gasteiger partial charge on any atom is 0.471 e. The molecule has 0 atom stereocenters. The Morgan fingerprint density at radius 3 is 2.33 bits per heavy atom. The molecule has 0 spiro atoms. The van der Waals surface area contributed by atoms with Crippen LogP contribution in [0.2, 0.25) is 5.02 Å². The van der Waals surface area contributed by atoms with Gasteiger partial charge in [0.1, 0.15) is 11.6 Å². The first-order chi connectivity index (χ1) is 12.6. The summed E-state index contributed by atoms with van der Waals surface area (Å²) >= 11 is 5.43. The smallest absolute Gasteiger partial charge is 0.329 e. The molecule has 1 N–H and O–H groups in total. The standard InChI is InChI=1S/C16H7ClF5N3O2/c17-9-5-11(19)12(6-10(9)18)23-14(26)8-3-1-7(2-4-8)13-24-15(27-25-13)16(20,21)22/h1-6H,(H,23,26). The Hall–Kier alpha value is -3.01. The molecule has 1 heterocycles. The van der Waals surface area contributed by atoms with E-state index < -0.39 is 40.3 Å². The number of anilines is 1. The van der Waals surface area contributed by atoms with Crippen LogP contribution in [-0.4, -0.2) is 16.0 Å². The van der Waals surface area contributed by atoms with Gasteiger partial charge in [0.25, 0.3) is 5.91 Å². The number of carbonyl (C=O) groups excluding carboxylic acids is 1. The van der Waals surface area contributed by atoms with Crippen LogP contribution in [0, 0.1) is 11.6 Å². The molecular formula is C16H7ClF5N3O2. The van der Waals surface area contributed by atoms with Gasteiger partial charge in [0.05, 0.1) is 10.7 Å². The van der Waals surface area contributed by atoms with Crippen molar-refractivity contribution in [1.29, 1.82) is 0 Å². The van der Waals surface area contributed by atoms with Crippen molar-refractivity contribution < 1.29 is 31.3 Å². The summed E-state index contributed by atoms with van der Waals surface area (Å²) in [4.78, 5) is 15.3. The fourth-order valence-corrected chi connectivity index (χ4v) is 2.19. The topological polar surface area (TPSA) is 68.0 Å². The number of amides is 1. The first-order valence-corrected chi connectivity index (χ1v) is 7.50. The minimum atomic E-state index is -4.77. The number of benzene rings is 2. The molecule has 3 aromatic rings. The number of hydrogen-bond donors (Lipinski definition) is 1. The van der Waals surface area contributed by atoms with Gasteiger partial charge in [-0.25, -0.2) is 8.78 Å². The van der Waals surface area contributed by atoms with Gasteiger partial charge in [-0.2, -0.15) is 18.2 Å². The van der Waals surface area contributed by atoms with E-state index in [1.807, 2.05) is 0 Å². The van der Waals surface area contributed by atoms with E-state index in [0.29, 0.717) is 6.07 Å². The average Bonchev–Trinajstić information content (AvgIpc) is 3.10. The Morgan fingerprint density at radius 1 is 1.07 bits per heavy atom. The van der Waals surface area contributed by atoms with Crippen molar-refractivity contribution in [1.82, 2.24) is 10.1 Å². The van der Waals surface area contributed by atoms with Gasteiger partial charge in [-0.3, -0.25) is 4.79 Å². The maximum absolute atomic E-state index is 13.7. The Morgan fingerprint density at radius 2 is 1.74 bits per heavy atom. The molecule has 140 valence electrons. The van der Waals surface area contributed by atoms with Crippen molar-refractivity contribution in [3.8, 4) is 11.4 Å². The summed E-state index contributed by atoms with van der Waals surface area (Å²) in [6.45, 7) is 0. The predicted octanol–water partition coefficient (Wildman–Crippen LogP) is 4.94. The Balaban J connectivity index is 1.78. The quantitative estimate of drug-likeness (QED) is 0.497. The van der Waals surface area contributed by atoms with Crippen LogP contribution in [0.25, 0.3) is 11.4 Å². The molecule has 0 unspecified atom stereocenters. The van der Waals surface area contributed by atoms with Gasteiger partial charge >= 0.3 is 12.1 Å². The van der Waals surface area contributed by atoms with Crippen LogP contribution in [0.1, 0.15) is 16.2 Å². The summed E-state index contributed by atoms with van der Waals surface area (Å²) in [7, 11) is 0. The third-order valence-electron chi connectivity index (χ3n) is 3.33. The lowest BCUT2D eigenvalue weighted by Crippen LogP contribution is -2.13. The lowest BCUT2D eigenvalue weighted by atomic mass is 10.1. The molecule has 0 saturated heterocycles. The van der Waals surface area contributed by atoms with Crippen LogP contribution in [0.15, 0.2) is 40.9 Å². The molecule has 0 bridgehead atoms. The average molecular weight is 404 g/mol. The molecule has 1 aromatic heterocycles. The summed E-state index contributed by atoms with van der Waals surface area (Å²) in [6, 6.07) is 6.49. The van der Waals surface area contributed by atoms with Gasteiger partial charge < -0.3 is 9.84 Å². The number of carbonyl (C=O) groups is 1. The van der Waals surface area contributed by atoms with Crippen LogP contribution in [0.5, 0.6) is 0 Å². The number of nitrogens with zero attached hydrogens (tertiary/aromatic N) is 2. The Kier molecular flexibility index (Phi) is 4.83. The van der Waals surface area contributed by atoms with E-state index in [4.69, 9.17) is 11.6 Å². The number of halogens is 6. The van der Waals surface area contributed by atoms with E-state index in [-0.39, 0.29) is 17.0 Å². The van der Waals surface area contributed by atoms with E-state index in [1.165, 1.54) is 24.3 Å². The second kappa shape index (κ2) is 6.95. The summed E-state index contributed by atoms with van der Waals surface area (Å²) in [6.07, 6.45) is -4.77. The van der Waals surface area contributed by atoms with Crippen LogP contribution >= 0.6 is 11.6 Å². The van der Waals surface area contributed by atoms with E-state index in [2.05, 4.69) is 20.0 Å². The monoisotopic (exact) mass is 403 g/mol. The first-order valence-electron chi connectivity index (χ1n) is 7.12. The van der Waals surface area contributed by atoms with E-state index in [1.54, 1.807) is 0 Å². The SMILES string of the molecule is O=C(Nc1cc(F)c(Cl)cc1F)c1ccc(-c2noc(C(F)(F)F)n2)cc1. The molecule has 0 aliphatic heterocycles. The highest BCUT2D eigenvalue weighted by Gasteiger charge is 2.38. The number of nitrogens with one attached hydrogen (secondary N) is 1. The number of aromatic nitrogens is 2. The van der Waals surface area contributed by atoms with Gasteiger partial charge in [-0.05, 0) is 18.2 Å². The van der Waals surface area contributed by atoms with Crippen molar-refractivity contribution in [3.05, 3.63) is 64.5 Å². The van der Waals surface area contributed by atoms with E-state index >= 15 is 0 Å². The van der Waals surface area contributed by atoms with Gasteiger partial charge in [0.15, 0.2) is 0 Å². The molecule has 0 fully saturated rings. The van der Waals surface area contributed by atoms with Crippen molar-refractivity contribution >= 4 is 23.2 Å². The summed E-state index contributed by atoms with van der Waals surface area (Å²) < 4.78 is 68.6. The van der Waals surface area contributed by atoms with Crippen molar-refractivity contribution in [3.63, 3.8) is 0 Å². The molecule has 0 saturated carbocycles.